The number of aromatic nitrogens is 1. The van der Waals surface area contributed by atoms with Crippen LogP contribution in [0.25, 0.3) is 0 Å². The maximum absolute atomic E-state index is 14.3. The van der Waals surface area contributed by atoms with Gasteiger partial charge in [-0.05, 0) is 12.1 Å². The van der Waals surface area contributed by atoms with E-state index < -0.39 is 10.7 Å². The fraction of sp³-hybridized carbons (Fsp3) is 0.312. The van der Waals surface area contributed by atoms with E-state index in [0.29, 0.717) is 18.8 Å². The van der Waals surface area contributed by atoms with Crippen LogP contribution in [0.4, 0.5) is 15.8 Å². The van der Waals surface area contributed by atoms with Crippen LogP contribution in [0, 0.1) is 15.9 Å². The number of pyridine rings is 1. The first kappa shape index (κ1) is 16.0. The fourth-order valence-corrected chi connectivity index (χ4v) is 2.73. The van der Waals surface area contributed by atoms with Gasteiger partial charge >= 0.3 is 5.69 Å². The summed E-state index contributed by atoms with van der Waals surface area (Å²) in [5.74, 6) is 0.0977. The van der Waals surface area contributed by atoms with Crippen molar-refractivity contribution in [2.45, 2.75) is 12.5 Å². The Hall–Kier alpha value is -2.90. The van der Waals surface area contributed by atoms with Crippen LogP contribution in [-0.4, -0.2) is 36.2 Å². The van der Waals surface area contributed by atoms with Crippen molar-refractivity contribution in [2.75, 3.05) is 25.1 Å². The Morgan fingerprint density at radius 3 is 2.79 bits per heavy atom. The number of ether oxygens (including phenoxy) is 2. The second-order valence-corrected chi connectivity index (χ2v) is 5.39. The third-order valence-corrected chi connectivity index (χ3v) is 3.88. The van der Waals surface area contributed by atoms with Crippen molar-refractivity contribution in [3.8, 4) is 11.5 Å². The molecule has 7 nitrogen and oxygen atoms in total. The highest BCUT2D eigenvalue weighted by Crippen LogP contribution is 2.35. The topological polar surface area (TPSA) is 77.7 Å². The number of nitrogens with zero attached hydrogens (tertiary/aromatic N) is 3. The molecule has 0 saturated carbocycles. The zero-order chi connectivity index (χ0) is 17.1. The zero-order valence-electron chi connectivity index (χ0n) is 13.0. The maximum atomic E-state index is 14.3. The fourth-order valence-electron chi connectivity index (χ4n) is 2.73. The molecule has 1 saturated heterocycles. The van der Waals surface area contributed by atoms with Crippen LogP contribution in [0.15, 0.2) is 36.7 Å². The lowest BCUT2D eigenvalue weighted by atomic mass is 10.2. The molecule has 0 bridgehead atoms. The second-order valence-electron chi connectivity index (χ2n) is 5.39. The van der Waals surface area contributed by atoms with Gasteiger partial charge in [-0.1, -0.05) is 0 Å². The summed E-state index contributed by atoms with van der Waals surface area (Å²) in [7, 11) is 1.32. The molecule has 0 spiro atoms. The van der Waals surface area contributed by atoms with Gasteiger partial charge in [-0.3, -0.25) is 15.1 Å². The van der Waals surface area contributed by atoms with Crippen LogP contribution < -0.4 is 14.4 Å². The molecule has 1 atom stereocenters. The van der Waals surface area contributed by atoms with Gasteiger partial charge in [0.2, 0.25) is 0 Å². The monoisotopic (exact) mass is 333 g/mol. The van der Waals surface area contributed by atoms with E-state index in [9.17, 15) is 14.5 Å². The zero-order valence-corrected chi connectivity index (χ0v) is 13.0. The van der Waals surface area contributed by atoms with E-state index in [2.05, 4.69) is 4.98 Å². The van der Waals surface area contributed by atoms with E-state index in [1.54, 1.807) is 29.4 Å². The summed E-state index contributed by atoms with van der Waals surface area (Å²) in [6.07, 6.45) is 3.92. The molecule has 2 aromatic rings. The Bertz CT molecular complexity index is 742. The highest BCUT2D eigenvalue weighted by Gasteiger charge is 2.28. The van der Waals surface area contributed by atoms with Gasteiger partial charge < -0.3 is 14.4 Å². The molecule has 8 heteroatoms. The van der Waals surface area contributed by atoms with Gasteiger partial charge in [0, 0.05) is 31.4 Å². The molecule has 24 heavy (non-hydrogen) atoms. The predicted octanol–water partition coefficient (Wildman–Crippen LogP) is 2.80. The molecular formula is C16H16FN3O4. The number of nitro groups is 1. The Labute approximate surface area is 137 Å². The molecule has 1 aromatic carbocycles. The number of methoxy groups -OCH3 is 1. The van der Waals surface area contributed by atoms with Crippen LogP contribution in [0.1, 0.15) is 6.42 Å². The summed E-state index contributed by atoms with van der Waals surface area (Å²) < 4.78 is 25.1. The summed E-state index contributed by atoms with van der Waals surface area (Å²) in [6, 6.07) is 5.78. The first-order chi connectivity index (χ1) is 11.6. The number of anilines is 1. The molecule has 1 fully saturated rings. The van der Waals surface area contributed by atoms with Crippen molar-refractivity contribution in [3.05, 3.63) is 52.6 Å². The van der Waals surface area contributed by atoms with Crippen LogP contribution in [0.2, 0.25) is 0 Å². The van der Waals surface area contributed by atoms with E-state index in [1.807, 2.05) is 0 Å². The van der Waals surface area contributed by atoms with Gasteiger partial charge in [0.15, 0.2) is 11.6 Å². The molecule has 0 N–H and O–H groups in total. The van der Waals surface area contributed by atoms with Gasteiger partial charge in [-0.25, -0.2) is 4.39 Å². The number of halogens is 1. The van der Waals surface area contributed by atoms with Crippen molar-refractivity contribution in [2.24, 2.45) is 0 Å². The Balaban J connectivity index is 1.77. The van der Waals surface area contributed by atoms with Crippen LogP contribution in [-0.2, 0) is 0 Å². The van der Waals surface area contributed by atoms with Gasteiger partial charge in [0.05, 0.1) is 30.3 Å². The lowest BCUT2D eigenvalue weighted by Gasteiger charge is -2.20. The lowest BCUT2D eigenvalue weighted by molar-refractivity contribution is -0.385. The second kappa shape index (κ2) is 6.69. The van der Waals surface area contributed by atoms with Crippen molar-refractivity contribution >= 4 is 11.4 Å². The first-order valence-electron chi connectivity index (χ1n) is 7.42. The highest BCUT2D eigenvalue weighted by molar-refractivity contribution is 5.60. The number of hydrogen-bond acceptors (Lipinski definition) is 6. The van der Waals surface area contributed by atoms with E-state index >= 15 is 0 Å². The van der Waals surface area contributed by atoms with Gasteiger partial charge in [-0.15, -0.1) is 0 Å². The van der Waals surface area contributed by atoms with E-state index in [4.69, 9.17) is 9.47 Å². The summed E-state index contributed by atoms with van der Waals surface area (Å²) in [4.78, 5) is 16.0. The standard InChI is InChI=1S/C16H16FN3O4/c1-23-16-9-14(13(17)8-15(16)20(21)22)19-7-4-12(10-19)24-11-2-5-18-6-3-11/h2-3,5-6,8-9,12H,4,7,10H2,1H3/t12-/m0/s1. The van der Waals surface area contributed by atoms with Gasteiger partial charge in [0.25, 0.3) is 0 Å². The Morgan fingerprint density at radius 2 is 2.12 bits per heavy atom. The number of benzene rings is 1. The number of nitro benzene ring substituents is 1. The average Bonchev–Trinajstić information content (AvgIpc) is 3.03. The summed E-state index contributed by atoms with van der Waals surface area (Å²) in [5.41, 5.74) is -0.110. The van der Waals surface area contributed by atoms with Crippen molar-refractivity contribution < 1.29 is 18.8 Å². The lowest BCUT2D eigenvalue weighted by Crippen LogP contribution is -2.25. The van der Waals surface area contributed by atoms with Crippen molar-refractivity contribution in [1.82, 2.24) is 4.98 Å². The molecular weight excluding hydrogens is 317 g/mol. The molecule has 1 aromatic heterocycles. The predicted molar refractivity (Wildman–Crippen MR) is 85.1 cm³/mol. The Kier molecular flexibility index (Phi) is 4.45. The van der Waals surface area contributed by atoms with E-state index in [-0.39, 0.29) is 23.2 Å². The normalized spacial score (nSPS) is 16.9. The quantitative estimate of drug-likeness (QED) is 0.618. The molecule has 2 heterocycles. The number of rotatable bonds is 5. The third-order valence-electron chi connectivity index (χ3n) is 3.88. The minimum absolute atomic E-state index is 0.0369. The molecule has 1 aliphatic rings. The summed E-state index contributed by atoms with van der Waals surface area (Å²) >= 11 is 0. The molecule has 0 aliphatic carbocycles. The molecule has 0 unspecified atom stereocenters. The minimum atomic E-state index is -0.662. The largest absolute Gasteiger partial charge is 0.490 e. The molecule has 0 amide bonds. The third kappa shape index (κ3) is 3.22. The summed E-state index contributed by atoms with van der Waals surface area (Å²) in [5, 5.41) is 10.9. The van der Waals surface area contributed by atoms with Crippen LogP contribution in [0.5, 0.6) is 11.5 Å². The SMILES string of the molecule is COc1cc(N2CC[C@H](Oc3ccncc3)C2)c(F)cc1[N+](=O)[O-]. The van der Waals surface area contributed by atoms with Crippen molar-refractivity contribution in [1.29, 1.82) is 0 Å². The molecule has 0 radical (unpaired) electrons. The van der Waals surface area contributed by atoms with Crippen LogP contribution >= 0.6 is 0 Å². The first-order valence-corrected chi connectivity index (χ1v) is 7.42. The Morgan fingerprint density at radius 1 is 1.38 bits per heavy atom. The van der Waals surface area contributed by atoms with Crippen LogP contribution in [0.3, 0.4) is 0 Å². The number of hydrogen-bond donors (Lipinski definition) is 0. The molecule has 1 aliphatic heterocycles. The minimum Gasteiger partial charge on any atom is -0.490 e. The summed E-state index contributed by atoms with van der Waals surface area (Å²) in [6.45, 7) is 1.08. The van der Waals surface area contributed by atoms with Crippen molar-refractivity contribution in [3.63, 3.8) is 0 Å². The van der Waals surface area contributed by atoms with Gasteiger partial charge in [-0.2, -0.15) is 0 Å². The molecule has 126 valence electrons. The van der Waals surface area contributed by atoms with E-state index in [1.165, 1.54) is 13.2 Å². The van der Waals surface area contributed by atoms with E-state index in [0.717, 1.165) is 12.5 Å². The highest BCUT2D eigenvalue weighted by atomic mass is 19.1. The average molecular weight is 333 g/mol. The molecule has 3 rings (SSSR count). The van der Waals surface area contributed by atoms with Gasteiger partial charge in [0.1, 0.15) is 11.9 Å². The maximum Gasteiger partial charge on any atom is 0.313 e. The smallest absolute Gasteiger partial charge is 0.313 e.